The summed E-state index contributed by atoms with van der Waals surface area (Å²) >= 11 is 6.22. The SMILES string of the molecule is CCC(=O)N1CC2CC1c1c(O)n(-c3ccc(C#N)c(Cl)c3C)c(=O)n12. The molecule has 0 spiro atoms. The van der Waals surface area contributed by atoms with Gasteiger partial charge >= 0.3 is 5.69 Å². The second kappa shape index (κ2) is 5.64. The van der Waals surface area contributed by atoms with Crippen molar-refractivity contribution in [2.75, 3.05) is 6.54 Å². The van der Waals surface area contributed by atoms with Crippen molar-refractivity contribution in [2.45, 2.75) is 38.8 Å². The number of hydrogen-bond donors (Lipinski definition) is 1. The fourth-order valence-electron chi connectivity index (χ4n) is 4.15. The average Bonchev–Trinajstić information content (AvgIpc) is 3.29. The number of nitrogens with zero attached hydrogens (tertiary/aromatic N) is 4. The summed E-state index contributed by atoms with van der Waals surface area (Å²) in [5, 5.41) is 20.2. The van der Waals surface area contributed by atoms with E-state index < -0.39 is 0 Å². The lowest BCUT2D eigenvalue weighted by Crippen LogP contribution is -2.37. The van der Waals surface area contributed by atoms with Crippen LogP contribution in [0.4, 0.5) is 0 Å². The number of fused-ring (bicyclic) bond motifs is 5. The molecular weight excluding hydrogens is 356 g/mol. The molecule has 0 aliphatic carbocycles. The standard InChI is InChI=1S/C18H17ClN4O3/c1-3-14(24)21-8-11-6-13(21)16-17(25)23(18(26)22(11)16)12-5-4-10(7-20)15(19)9(12)2/h4-5,11,13,25H,3,6,8H2,1-2H3. The summed E-state index contributed by atoms with van der Waals surface area (Å²) in [6, 6.07) is 4.73. The molecule has 1 aromatic carbocycles. The topological polar surface area (TPSA) is 91.3 Å². The molecule has 0 saturated carbocycles. The van der Waals surface area contributed by atoms with Gasteiger partial charge < -0.3 is 10.0 Å². The number of carbonyl (C=O) groups excluding carboxylic acids is 1. The highest BCUT2D eigenvalue weighted by Gasteiger charge is 2.48. The van der Waals surface area contributed by atoms with Gasteiger partial charge in [-0.05, 0) is 31.0 Å². The molecule has 2 atom stereocenters. The van der Waals surface area contributed by atoms with E-state index >= 15 is 0 Å². The zero-order chi connectivity index (χ0) is 18.7. The Labute approximate surface area is 154 Å². The number of halogens is 1. The molecule has 1 amide bonds. The monoisotopic (exact) mass is 372 g/mol. The van der Waals surface area contributed by atoms with Crippen LogP contribution in [-0.4, -0.2) is 31.6 Å². The van der Waals surface area contributed by atoms with E-state index in [2.05, 4.69) is 0 Å². The van der Waals surface area contributed by atoms with Crippen LogP contribution < -0.4 is 5.69 Å². The van der Waals surface area contributed by atoms with Crippen molar-refractivity contribution in [2.24, 2.45) is 0 Å². The van der Waals surface area contributed by atoms with Crippen LogP contribution in [0.15, 0.2) is 16.9 Å². The molecule has 2 aliphatic heterocycles. The summed E-state index contributed by atoms with van der Waals surface area (Å²) in [4.78, 5) is 26.9. The van der Waals surface area contributed by atoms with E-state index in [1.165, 1.54) is 10.6 Å². The molecule has 4 rings (SSSR count). The van der Waals surface area contributed by atoms with E-state index in [-0.39, 0.29) is 34.6 Å². The molecule has 2 aliphatic rings. The molecule has 0 radical (unpaired) electrons. The number of carbonyl (C=O) groups is 1. The third kappa shape index (κ3) is 1.99. The van der Waals surface area contributed by atoms with Gasteiger partial charge in [0.05, 0.1) is 28.4 Å². The molecule has 1 aromatic heterocycles. The molecule has 2 bridgehead atoms. The highest BCUT2D eigenvalue weighted by molar-refractivity contribution is 6.32. The van der Waals surface area contributed by atoms with Gasteiger partial charge in [-0.15, -0.1) is 0 Å². The Morgan fingerprint density at radius 2 is 2.19 bits per heavy atom. The minimum Gasteiger partial charge on any atom is -0.493 e. The van der Waals surface area contributed by atoms with Gasteiger partial charge in [-0.1, -0.05) is 18.5 Å². The molecule has 1 N–H and O–H groups in total. The van der Waals surface area contributed by atoms with E-state index in [0.717, 1.165) is 0 Å². The number of nitriles is 1. The van der Waals surface area contributed by atoms with E-state index in [4.69, 9.17) is 16.9 Å². The third-order valence-corrected chi connectivity index (χ3v) is 5.89. The smallest absolute Gasteiger partial charge is 0.336 e. The fraction of sp³-hybridized carbons (Fsp3) is 0.389. The normalized spacial score (nSPS) is 20.3. The van der Waals surface area contributed by atoms with E-state index in [9.17, 15) is 14.7 Å². The van der Waals surface area contributed by atoms with Crippen LogP contribution in [0.3, 0.4) is 0 Å². The highest BCUT2D eigenvalue weighted by Crippen LogP contribution is 2.48. The summed E-state index contributed by atoms with van der Waals surface area (Å²) in [6.07, 6.45) is 1.04. The Bertz CT molecular complexity index is 1050. The summed E-state index contributed by atoms with van der Waals surface area (Å²) in [5.41, 5.74) is 1.42. The number of aromatic hydroxyl groups is 1. The van der Waals surface area contributed by atoms with Crippen molar-refractivity contribution in [1.82, 2.24) is 14.0 Å². The molecule has 1 saturated heterocycles. The average molecular weight is 373 g/mol. The van der Waals surface area contributed by atoms with Gasteiger partial charge in [0.25, 0.3) is 0 Å². The Balaban J connectivity index is 1.89. The van der Waals surface area contributed by atoms with Gasteiger partial charge in [0, 0.05) is 13.0 Å². The molecule has 134 valence electrons. The van der Waals surface area contributed by atoms with Crippen molar-refractivity contribution in [3.8, 4) is 17.6 Å². The van der Waals surface area contributed by atoms with Crippen LogP contribution in [0.2, 0.25) is 5.02 Å². The maximum absolute atomic E-state index is 13.0. The summed E-state index contributed by atoms with van der Waals surface area (Å²) in [5.74, 6) is -0.152. The quantitative estimate of drug-likeness (QED) is 0.876. The van der Waals surface area contributed by atoms with Crippen molar-refractivity contribution in [3.63, 3.8) is 0 Å². The molecule has 1 fully saturated rings. The third-order valence-electron chi connectivity index (χ3n) is 5.40. The van der Waals surface area contributed by atoms with Gasteiger partial charge in [-0.2, -0.15) is 5.26 Å². The lowest BCUT2D eigenvalue weighted by molar-refractivity contribution is -0.132. The second-order valence-electron chi connectivity index (χ2n) is 6.68. The predicted molar refractivity (Wildman–Crippen MR) is 94.6 cm³/mol. The molecule has 7 nitrogen and oxygen atoms in total. The zero-order valence-electron chi connectivity index (χ0n) is 14.4. The van der Waals surface area contributed by atoms with Crippen LogP contribution in [0.5, 0.6) is 5.88 Å². The molecule has 2 aromatic rings. The number of rotatable bonds is 2. The zero-order valence-corrected chi connectivity index (χ0v) is 15.1. The van der Waals surface area contributed by atoms with Gasteiger partial charge in [-0.25, -0.2) is 9.36 Å². The first-order valence-corrected chi connectivity index (χ1v) is 8.83. The Hall–Kier alpha value is -2.72. The number of benzene rings is 1. The number of amides is 1. The van der Waals surface area contributed by atoms with Crippen LogP contribution in [0, 0.1) is 18.3 Å². The first-order valence-electron chi connectivity index (χ1n) is 8.45. The highest BCUT2D eigenvalue weighted by atomic mass is 35.5. The van der Waals surface area contributed by atoms with Gasteiger partial charge in [0.1, 0.15) is 11.8 Å². The number of aromatic nitrogens is 2. The van der Waals surface area contributed by atoms with E-state index in [0.29, 0.717) is 41.9 Å². The minimum atomic E-state index is -0.350. The molecule has 2 unspecified atom stereocenters. The van der Waals surface area contributed by atoms with Crippen LogP contribution in [-0.2, 0) is 4.79 Å². The maximum Gasteiger partial charge on any atom is 0.336 e. The van der Waals surface area contributed by atoms with Gasteiger partial charge in [0.2, 0.25) is 11.8 Å². The maximum atomic E-state index is 13.0. The first-order chi connectivity index (χ1) is 12.4. The second-order valence-corrected chi connectivity index (χ2v) is 7.06. The lowest BCUT2D eigenvalue weighted by Gasteiger charge is -2.27. The van der Waals surface area contributed by atoms with Crippen molar-refractivity contribution in [3.05, 3.63) is 44.5 Å². The lowest BCUT2D eigenvalue weighted by atomic mass is 10.1. The van der Waals surface area contributed by atoms with Crippen LogP contribution >= 0.6 is 11.6 Å². The number of likely N-dealkylation sites (tertiary alicyclic amines) is 1. The fourth-order valence-corrected chi connectivity index (χ4v) is 4.35. The Morgan fingerprint density at radius 3 is 2.85 bits per heavy atom. The summed E-state index contributed by atoms with van der Waals surface area (Å²) < 4.78 is 2.81. The molecular formula is C18H17ClN4O3. The first kappa shape index (κ1) is 16.7. The van der Waals surface area contributed by atoms with Gasteiger partial charge in [0.15, 0.2) is 0 Å². The summed E-state index contributed by atoms with van der Waals surface area (Å²) in [7, 11) is 0. The minimum absolute atomic E-state index is 0.0148. The van der Waals surface area contributed by atoms with Crippen molar-refractivity contribution in [1.29, 1.82) is 5.26 Å². The molecule has 3 heterocycles. The molecule has 8 heteroatoms. The Kier molecular flexibility index (Phi) is 3.63. The Morgan fingerprint density at radius 1 is 1.46 bits per heavy atom. The number of imidazole rings is 1. The van der Waals surface area contributed by atoms with E-state index in [1.54, 1.807) is 29.4 Å². The van der Waals surface area contributed by atoms with Crippen LogP contribution in [0.1, 0.15) is 48.7 Å². The largest absolute Gasteiger partial charge is 0.493 e. The molecule has 26 heavy (non-hydrogen) atoms. The summed E-state index contributed by atoms with van der Waals surface area (Å²) in [6.45, 7) is 3.99. The van der Waals surface area contributed by atoms with Crippen LogP contribution in [0.25, 0.3) is 5.69 Å². The van der Waals surface area contributed by atoms with Crippen molar-refractivity contribution < 1.29 is 9.90 Å². The van der Waals surface area contributed by atoms with E-state index in [1.807, 2.05) is 6.07 Å². The predicted octanol–water partition coefficient (Wildman–Crippen LogP) is 2.42. The van der Waals surface area contributed by atoms with Crippen molar-refractivity contribution >= 4 is 17.5 Å². The van der Waals surface area contributed by atoms with Gasteiger partial charge in [-0.3, -0.25) is 9.36 Å². The number of hydrogen-bond acceptors (Lipinski definition) is 4.